The molecular weight excluding hydrogens is 573 g/mol. The largest absolute Gasteiger partial charge is 0.490 e. The molecule has 2 rings (SSSR count). The Morgan fingerprint density at radius 2 is 1.74 bits per heavy atom. The van der Waals surface area contributed by atoms with Crippen molar-refractivity contribution in [2.75, 3.05) is 6.61 Å². The molecule has 24 heteroatoms. The number of aromatic nitrogens is 2. The Balaban J connectivity index is 2.33. The van der Waals surface area contributed by atoms with E-state index in [1.54, 1.807) is 4.98 Å². The van der Waals surface area contributed by atoms with Gasteiger partial charge in [-0.15, -0.1) is 0 Å². The summed E-state index contributed by atoms with van der Waals surface area (Å²) in [4.78, 5) is 48.2. The molecule has 196 valence electrons. The van der Waals surface area contributed by atoms with Gasteiger partial charge in [0.25, 0.3) is 5.56 Å². The molecule has 1 aromatic heterocycles. The number of phosphoric acid groups is 3. The number of nitrogens with one attached hydrogen (secondary N) is 1. The van der Waals surface area contributed by atoms with Crippen LogP contribution >= 0.6 is 35.7 Å². The van der Waals surface area contributed by atoms with Crippen LogP contribution in [0.25, 0.3) is 0 Å². The van der Waals surface area contributed by atoms with Crippen molar-refractivity contribution in [1.82, 2.24) is 9.55 Å². The zero-order valence-electron chi connectivity index (χ0n) is 15.7. The summed E-state index contributed by atoms with van der Waals surface area (Å²) >= 11 is 4.59. The van der Waals surface area contributed by atoms with Crippen LogP contribution in [0.4, 0.5) is 17.6 Å². The summed E-state index contributed by atoms with van der Waals surface area (Å²) in [6.45, 7) is -1.60. The molecule has 0 bridgehead atoms. The van der Waals surface area contributed by atoms with Crippen molar-refractivity contribution in [2.45, 2.75) is 30.2 Å². The van der Waals surface area contributed by atoms with Crippen LogP contribution in [0, 0.1) is 10.6 Å². The number of aromatic amines is 1. The first-order valence-corrected chi connectivity index (χ1v) is 12.9. The van der Waals surface area contributed by atoms with Crippen LogP contribution in [0.5, 0.6) is 0 Å². The molecule has 7 N–H and O–H groups in total. The molecule has 1 saturated heterocycles. The van der Waals surface area contributed by atoms with Gasteiger partial charge in [0.2, 0.25) is 11.4 Å². The van der Waals surface area contributed by atoms with Crippen LogP contribution in [0.15, 0.2) is 11.0 Å². The Hall–Kier alpha value is -0.890. The van der Waals surface area contributed by atoms with Crippen LogP contribution in [-0.2, 0) is 31.6 Å². The van der Waals surface area contributed by atoms with Gasteiger partial charge in [0, 0.05) is 0 Å². The number of rotatable bonds is 8. The Morgan fingerprint density at radius 3 is 2.24 bits per heavy atom. The zero-order chi connectivity index (χ0) is 26.5. The molecular formula is C10H13F4N2O14P3S. The van der Waals surface area contributed by atoms with Gasteiger partial charge in [0.1, 0.15) is 12.2 Å². The van der Waals surface area contributed by atoms with Crippen molar-refractivity contribution in [3.05, 3.63) is 27.1 Å². The van der Waals surface area contributed by atoms with Gasteiger partial charge in [-0.2, -0.15) is 26.2 Å². The van der Waals surface area contributed by atoms with Crippen LogP contribution in [0.1, 0.15) is 6.23 Å². The summed E-state index contributed by atoms with van der Waals surface area (Å²) in [5, 5.41) is 20.3. The first-order valence-electron chi connectivity index (χ1n) is 8.01. The number of H-pyrrole nitrogens is 1. The normalized spacial score (nSPS) is 29.5. The molecule has 0 spiro atoms. The second kappa shape index (κ2) is 9.53. The summed E-state index contributed by atoms with van der Waals surface area (Å²) in [5.41, 5.74) is -5.72. The van der Waals surface area contributed by atoms with E-state index in [-0.39, 0.29) is 10.8 Å². The molecule has 1 aliphatic rings. The van der Waals surface area contributed by atoms with Gasteiger partial charge in [-0.25, -0.2) is 13.7 Å². The van der Waals surface area contributed by atoms with E-state index in [9.17, 15) is 51.2 Å². The van der Waals surface area contributed by atoms with Gasteiger partial charge < -0.3 is 34.5 Å². The Labute approximate surface area is 188 Å². The van der Waals surface area contributed by atoms with E-state index in [1.165, 1.54) is 0 Å². The minimum atomic E-state index is -5.97. The first-order chi connectivity index (χ1) is 15.1. The molecule has 0 saturated carbocycles. The average Bonchev–Trinajstić information content (AvgIpc) is 2.85. The molecule has 34 heavy (non-hydrogen) atoms. The Bertz CT molecular complexity index is 1200. The monoisotopic (exact) mass is 586 g/mol. The topological polar surface area (TPSA) is 247 Å². The number of ether oxygens (including phenoxy) is 1. The molecule has 0 amide bonds. The average molecular weight is 586 g/mol. The highest BCUT2D eigenvalue weighted by atomic mass is 32.1. The van der Waals surface area contributed by atoms with Crippen LogP contribution in [-0.4, -0.2) is 69.9 Å². The number of aliphatic hydroxyl groups is 2. The van der Waals surface area contributed by atoms with Gasteiger partial charge in [-0.1, -0.05) is 0 Å². The van der Waals surface area contributed by atoms with Gasteiger partial charge in [0.15, 0.2) is 11.0 Å². The summed E-state index contributed by atoms with van der Waals surface area (Å²) < 4.78 is 103. The fourth-order valence-electron chi connectivity index (χ4n) is 2.59. The van der Waals surface area contributed by atoms with Crippen LogP contribution in [0.3, 0.4) is 0 Å². The number of halogens is 4. The lowest BCUT2D eigenvalue weighted by Crippen LogP contribution is -2.58. The summed E-state index contributed by atoms with van der Waals surface area (Å²) in [6.07, 6.45) is -13.8. The fraction of sp³-hybridized carbons (Fsp3) is 0.600. The van der Waals surface area contributed by atoms with Gasteiger partial charge >= 0.3 is 29.6 Å². The number of phosphoric ester groups is 1. The summed E-state index contributed by atoms with van der Waals surface area (Å²) in [6, 6.07) is 0. The van der Waals surface area contributed by atoms with Crippen molar-refractivity contribution < 1.29 is 78.9 Å². The van der Waals surface area contributed by atoms with E-state index in [1.807, 2.05) is 0 Å². The molecule has 1 aliphatic heterocycles. The first kappa shape index (κ1) is 29.3. The summed E-state index contributed by atoms with van der Waals surface area (Å²) in [7, 11) is -17.5. The molecule has 0 radical (unpaired) electrons. The van der Waals surface area contributed by atoms with Crippen LogP contribution < -0.4 is 5.56 Å². The van der Waals surface area contributed by atoms with Gasteiger partial charge in [-0.05, 0) is 12.2 Å². The standard InChI is InChI=1S/C10H13F4N2O14P3S/c11-3-1-16(8(34)15-6(3)18)7-9(19,10(12,13)14)5(17)4(28-7)2-27-32(23,24)30-33(25,26)29-31(20,21)22/h1,4-5,7,17,19H,2H2,(H,23,24)(H,25,26)(H,15,18,34)(H2,20,21,22)/t4-,5+,7-,9?/m1/s1. The lowest BCUT2D eigenvalue weighted by atomic mass is 9.93. The Kier molecular flexibility index (Phi) is 8.22. The predicted molar refractivity (Wildman–Crippen MR) is 96.6 cm³/mol. The Morgan fingerprint density at radius 1 is 1.18 bits per heavy atom. The number of hydrogen-bond donors (Lipinski definition) is 7. The number of alkyl halides is 3. The second-order valence-electron chi connectivity index (χ2n) is 6.33. The summed E-state index contributed by atoms with van der Waals surface area (Å²) in [5.74, 6) is -1.67. The third kappa shape index (κ3) is 6.45. The minimum absolute atomic E-state index is 0.0770. The fourth-order valence-corrected chi connectivity index (χ4v) is 5.87. The third-order valence-corrected chi connectivity index (χ3v) is 8.05. The quantitative estimate of drug-likeness (QED) is 0.120. The van der Waals surface area contributed by atoms with Crippen molar-refractivity contribution >= 4 is 35.7 Å². The predicted octanol–water partition coefficient (Wildman–Crippen LogP) is -0.0600. The minimum Gasteiger partial charge on any atom is -0.387 e. The van der Waals surface area contributed by atoms with Gasteiger partial charge in [0.05, 0.1) is 12.8 Å². The van der Waals surface area contributed by atoms with Crippen molar-refractivity contribution in [3.8, 4) is 0 Å². The van der Waals surface area contributed by atoms with E-state index >= 15 is 0 Å². The van der Waals surface area contributed by atoms with Crippen molar-refractivity contribution in [3.63, 3.8) is 0 Å². The van der Waals surface area contributed by atoms with E-state index in [4.69, 9.17) is 19.4 Å². The van der Waals surface area contributed by atoms with Gasteiger partial charge in [-0.3, -0.25) is 18.9 Å². The smallest absolute Gasteiger partial charge is 0.387 e. The van der Waals surface area contributed by atoms with E-state index in [0.717, 1.165) is 0 Å². The number of hydrogen-bond acceptors (Lipinski definition) is 11. The molecule has 2 heterocycles. The van der Waals surface area contributed by atoms with E-state index < -0.39 is 76.4 Å². The highest BCUT2D eigenvalue weighted by molar-refractivity contribution is 7.71. The molecule has 0 aromatic carbocycles. The maximum Gasteiger partial charge on any atom is 0.490 e. The molecule has 3 unspecified atom stereocenters. The third-order valence-electron chi connectivity index (χ3n) is 3.93. The lowest BCUT2D eigenvalue weighted by molar-refractivity contribution is -0.304. The second-order valence-corrected chi connectivity index (χ2v) is 11.1. The van der Waals surface area contributed by atoms with Crippen LogP contribution in [0.2, 0.25) is 0 Å². The number of aliphatic hydroxyl groups excluding tert-OH is 1. The highest BCUT2D eigenvalue weighted by Crippen LogP contribution is 2.66. The maximum atomic E-state index is 13.6. The molecule has 6 atom stereocenters. The lowest BCUT2D eigenvalue weighted by Gasteiger charge is -2.33. The van der Waals surface area contributed by atoms with Crippen molar-refractivity contribution in [1.29, 1.82) is 0 Å². The molecule has 0 aliphatic carbocycles. The molecule has 1 aromatic rings. The van der Waals surface area contributed by atoms with E-state index in [0.29, 0.717) is 0 Å². The molecule has 16 nitrogen and oxygen atoms in total. The molecule has 1 fully saturated rings. The zero-order valence-corrected chi connectivity index (χ0v) is 19.2. The van der Waals surface area contributed by atoms with E-state index in [2.05, 4.69) is 25.4 Å². The maximum absolute atomic E-state index is 13.6. The SMILES string of the molecule is O=c1[nH]c(=S)n([C@@H]2O[C@H](COP(=O)(O)OP(=O)(O)OP(=O)(O)O)[C@H](O)C2(O)C(F)(F)F)cc1F. The number of nitrogens with zero attached hydrogens (tertiary/aromatic N) is 1. The highest BCUT2D eigenvalue weighted by Gasteiger charge is 2.71. The van der Waals surface area contributed by atoms with Crippen molar-refractivity contribution in [2.24, 2.45) is 0 Å².